The van der Waals surface area contributed by atoms with Crippen molar-refractivity contribution >= 4 is 5.91 Å². The maximum atomic E-state index is 12.6. The van der Waals surface area contributed by atoms with Gasteiger partial charge >= 0.3 is 6.18 Å². The molecule has 1 aliphatic heterocycles. The van der Waals surface area contributed by atoms with E-state index in [9.17, 15) is 18.0 Å². The second-order valence-electron chi connectivity index (χ2n) is 6.02. The molecule has 1 unspecified atom stereocenters. The Morgan fingerprint density at radius 1 is 1.31 bits per heavy atom. The number of amides is 1. The van der Waals surface area contributed by atoms with Crippen molar-refractivity contribution in [2.75, 3.05) is 19.8 Å². The van der Waals surface area contributed by atoms with Crippen LogP contribution >= 0.6 is 0 Å². The number of carbonyl (C=O) groups is 1. The minimum absolute atomic E-state index is 0.0220. The van der Waals surface area contributed by atoms with Gasteiger partial charge in [-0.1, -0.05) is 12.1 Å². The smallest absolute Gasteiger partial charge is 0.378 e. The molecule has 0 aliphatic carbocycles. The highest BCUT2D eigenvalue weighted by molar-refractivity contribution is 5.76. The van der Waals surface area contributed by atoms with E-state index in [2.05, 4.69) is 15.7 Å². The SMILES string of the molecule is O=C(CC1COCCN1)NCc1ccc(-n2ccc(C(F)(F)F)n2)cc1. The van der Waals surface area contributed by atoms with E-state index in [-0.39, 0.29) is 11.9 Å². The summed E-state index contributed by atoms with van der Waals surface area (Å²) in [5.41, 5.74) is 0.423. The molecule has 1 amide bonds. The zero-order valence-electron chi connectivity index (χ0n) is 13.9. The van der Waals surface area contributed by atoms with Crippen LogP contribution in [0.15, 0.2) is 36.5 Å². The molecule has 140 valence electrons. The van der Waals surface area contributed by atoms with E-state index in [4.69, 9.17) is 4.74 Å². The van der Waals surface area contributed by atoms with Crippen LogP contribution in [-0.2, 0) is 22.3 Å². The molecule has 0 saturated carbocycles. The first-order valence-corrected chi connectivity index (χ1v) is 8.22. The number of alkyl halides is 3. The summed E-state index contributed by atoms with van der Waals surface area (Å²) in [5, 5.41) is 9.56. The number of hydrogen-bond donors (Lipinski definition) is 2. The normalized spacial score (nSPS) is 17.9. The molecule has 26 heavy (non-hydrogen) atoms. The molecule has 1 aromatic carbocycles. The number of nitrogens with one attached hydrogen (secondary N) is 2. The third kappa shape index (κ3) is 4.83. The predicted molar refractivity (Wildman–Crippen MR) is 87.6 cm³/mol. The van der Waals surface area contributed by atoms with E-state index in [1.54, 1.807) is 24.3 Å². The van der Waals surface area contributed by atoms with Gasteiger partial charge in [0.25, 0.3) is 0 Å². The van der Waals surface area contributed by atoms with Gasteiger partial charge in [-0.25, -0.2) is 4.68 Å². The Morgan fingerprint density at radius 2 is 2.08 bits per heavy atom. The number of nitrogens with zero attached hydrogens (tertiary/aromatic N) is 2. The predicted octanol–water partition coefficient (Wildman–Crippen LogP) is 1.89. The molecule has 1 aliphatic rings. The summed E-state index contributed by atoms with van der Waals surface area (Å²) in [5.74, 6) is -0.0843. The van der Waals surface area contributed by atoms with Crippen LogP contribution in [0.25, 0.3) is 5.69 Å². The van der Waals surface area contributed by atoms with Crippen LogP contribution in [0.3, 0.4) is 0 Å². The average Bonchev–Trinajstić information content (AvgIpc) is 3.12. The highest BCUT2D eigenvalue weighted by atomic mass is 19.4. The van der Waals surface area contributed by atoms with Gasteiger partial charge in [0.05, 0.1) is 18.9 Å². The van der Waals surface area contributed by atoms with Gasteiger partial charge in [-0.3, -0.25) is 4.79 Å². The van der Waals surface area contributed by atoms with Gasteiger partial charge in [-0.05, 0) is 23.8 Å². The highest BCUT2D eigenvalue weighted by Gasteiger charge is 2.33. The first-order valence-electron chi connectivity index (χ1n) is 8.22. The summed E-state index contributed by atoms with van der Waals surface area (Å²) < 4.78 is 44.3. The number of rotatable bonds is 5. The molecule has 2 N–H and O–H groups in total. The van der Waals surface area contributed by atoms with Crippen molar-refractivity contribution in [1.82, 2.24) is 20.4 Å². The molecule has 0 spiro atoms. The van der Waals surface area contributed by atoms with Gasteiger partial charge in [0, 0.05) is 31.7 Å². The number of carbonyl (C=O) groups excluding carboxylic acids is 1. The molecule has 1 atom stereocenters. The van der Waals surface area contributed by atoms with E-state index in [0.717, 1.165) is 18.2 Å². The number of benzene rings is 1. The maximum Gasteiger partial charge on any atom is 0.435 e. The number of morpholine rings is 1. The van der Waals surface area contributed by atoms with Gasteiger partial charge in [0.1, 0.15) is 0 Å². The van der Waals surface area contributed by atoms with Crippen molar-refractivity contribution in [1.29, 1.82) is 0 Å². The van der Waals surface area contributed by atoms with Gasteiger partial charge in [-0.15, -0.1) is 0 Å². The topological polar surface area (TPSA) is 68.2 Å². The third-order valence-electron chi connectivity index (χ3n) is 4.00. The van der Waals surface area contributed by atoms with Crippen molar-refractivity contribution in [2.45, 2.75) is 25.2 Å². The van der Waals surface area contributed by atoms with Crippen molar-refractivity contribution in [2.24, 2.45) is 0 Å². The van der Waals surface area contributed by atoms with Crippen LogP contribution in [0.2, 0.25) is 0 Å². The highest BCUT2D eigenvalue weighted by Crippen LogP contribution is 2.27. The summed E-state index contributed by atoms with van der Waals surface area (Å²) >= 11 is 0. The largest absolute Gasteiger partial charge is 0.435 e. The molecular formula is C17H19F3N4O2. The first kappa shape index (κ1) is 18.4. The summed E-state index contributed by atoms with van der Waals surface area (Å²) in [7, 11) is 0. The lowest BCUT2D eigenvalue weighted by atomic mass is 10.1. The Balaban J connectivity index is 1.52. The monoisotopic (exact) mass is 368 g/mol. The molecule has 6 nitrogen and oxygen atoms in total. The molecule has 3 rings (SSSR count). The fourth-order valence-electron chi connectivity index (χ4n) is 2.63. The van der Waals surface area contributed by atoms with Crippen LogP contribution in [-0.4, -0.2) is 41.5 Å². The fourth-order valence-corrected chi connectivity index (χ4v) is 2.63. The van der Waals surface area contributed by atoms with Crippen LogP contribution in [0.4, 0.5) is 13.2 Å². The Labute approximate surface area is 148 Å². The molecule has 0 radical (unpaired) electrons. The van der Waals surface area contributed by atoms with Gasteiger partial charge in [-0.2, -0.15) is 18.3 Å². The van der Waals surface area contributed by atoms with Crippen molar-refractivity contribution < 1.29 is 22.7 Å². The Hall–Kier alpha value is -2.39. The van der Waals surface area contributed by atoms with E-state index >= 15 is 0 Å². The first-order chi connectivity index (χ1) is 12.4. The molecular weight excluding hydrogens is 349 g/mol. The number of hydrogen-bond acceptors (Lipinski definition) is 4. The van der Waals surface area contributed by atoms with Crippen LogP contribution < -0.4 is 10.6 Å². The fraction of sp³-hybridized carbons (Fsp3) is 0.412. The Kier molecular flexibility index (Phi) is 5.58. The van der Waals surface area contributed by atoms with E-state index in [1.807, 2.05) is 0 Å². The van der Waals surface area contributed by atoms with E-state index < -0.39 is 11.9 Å². The molecule has 2 aromatic rings. The minimum Gasteiger partial charge on any atom is -0.378 e. The Morgan fingerprint density at radius 3 is 2.69 bits per heavy atom. The lowest BCUT2D eigenvalue weighted by Gasteiger charge is -2.23. The van der Waals surface area contributed by atoms with Crippen molar-refractivity contribution in [3.8, 4) is 5.69 Å². The van der Waals surface area contributed by atoms with Gasteiger partial charge in [0.2, 0.25) is 5.91 Å². The zero-order chi connectivity index (χ0) is 18.6. The summed E-state index contributed by atoms with van der Waals surface area (Å²) in [6.07, 6.45) is -2.86. The lowest BCUT2D eigenvalue weighted by Crippen LogP contribution is -2.44. The average molecular weight is 368 g/mol. The number of ether oxygens (including phenoxy) is 1. The standard InChI is InChI=1S/C17H19F3N4O2/c18-17(19,20)15-5-7-24(23-15)14-3-1-12(2-4-14)10-22-16(25)9-13-11-26-8-6-21-13/h1-5,7,13,21H,6,8-11H2,(H,22,25). The van der Waals surface area contributed by atoms with Crippen LogP contribution in [0.1, 0.15) is 17.7 Å². The molecule has 9 heteroatoms. The molecule has 0 bridgehead atoms. The lowest BCUT2D eigenvalue weighted by molar-refractivity contribution is -0.141. The van der Waals surface area contributed by atoms with E-state index in [1.165, 1.54) is 10.9 Å². The minimum atomic E-state index is -4.46. The summed E-state index contributed by atoms with van der Waals surface area (Å²) in [6, 6.07) is 7.75. The maximum absolute atomic E-state index is 12.6. The molecule has 1 saturated heterocycles. The Bertz CT molecular complexity index is 737. The molecule has 2 heterocycles. The number of aromatic nitrogens is 2. The zero-order valence-corrected chi connectivity index (χ0v) is 13.9. The molecule has 1 fully saturated rings. The molecule has 1 aromatic heterocycles. The number of halogens is 3. The second kappa shape index (κ2) is 7.88. The van der Waals surface area contributed by atoms with Crippen molar-refractivity contribution in [3.05, 3.63) is 47.8 Å². The van der Waals surface area contributed by atoms with Crippen molar-refractivity contribution in [3.63, 3.8) is 0 Å². The van der Waals surface area contributed by atoms with Crippen LogP contribution in [0.5, 0.6) is 0 Å². The van der Waals surface area contributed by atoms with Gasteiger partial charge < -0.3 is 15.4 Å². The quantitative estimate of drug-likeness (QED) is 0.846. The third-order valence-corrected chi connectivity index (χ3v) is 4.00. The second-order valence-corrected chi connectivity index (χ2v) is 6.02. The van der Waals surface area contributed by atoms with Gasteiger partial charge in [0.15, 0.2) is 5.69 Å². The summed E-state index contributed by atoms with van der Waals surface area (Å²) in [6.45, 7) is 2.26. The van der Waals surface area contributed by atoms with E-state index in [0.29, 0.717) is 31.9 Å². The summed E-state index contributed by atoms with van der Waals surface area (Å²) in [4.78, 5) is 11.9. The van der Waals surface area contributed by atoms with Crippen LogP contribution in [0, 0.1) is 0 Å².